The van der Waals surface area contributed by atoms with Gasteiger partial charge in [0.15, 0.2) is 0 Å². The van der Waals surface area contributed by atoms with E-state index in [9.17, 15) is 0 Å². The molecule has 0 saturated carbocycles. The normalized spacial score (nSPS) is 15.9. The van der Waals surface area contributed by atoms with E-state index in [0.717, 1.165) is 6.61 Å². The van der Waals surface area contributed by atoms with Gasteiger partial charge < -0.3 is 10.1 Å². The quantitative estimate of drug-likeness (QED) is 0.652. The minimum Gasteiger partial charge on any atom is -0.383 e. The lowest BCUT2D eigenvalue weighted by Crippen LogP contribution is -2.42. The van der Waals surface area contributed by atoms with Gasteiger partial charge in [0.2, 0.25) is 0 Å². The van der Waals surface area contributed by atoms with Crippen LogP contribution in [0.1, 0.15) is 47.0 Å². The Hall–Kier alpha value is -0.0800. The maximum absolute atomic E-state index is 5.21. The first-order valence-electron chi connectivity index (χ1n) is 5.86. The second-order valence-corrected chi connectivity index (χ2v) is 4.52. The van der Waals surface area contributed by atoms with Crippen LogP contribution in [0.2, 0.25) is 0 Å². The van der Waals surface area contributed by atoms with Crippen molar-refractivity contribution < 1.29 is 4.74 Å². The van der Waals surface area contributed by atoms with E-state index in [-0.39, 0.29) is 0 Å². The maximum Gasteiger partial charge on any atom is 0.0618 e. The van der Waals surface area contributed by atoms with Gasteiger partial charge in [-0.3, -0.25) is 0 Å². The second kappa shape index (κ2) is 8.25. The second-order valence-electron chi connectivity index (χ2n) is 4.52. The highest BCUT2D eigenvalue weighted by molar-refractivity contribution is 4.73. The summed E-state index contributed by atoms with van der Waals surface area (Å²) in [6.07, 6.45) is 3.86. The van der Waals surface area contributed by atoms with Crippen molar-refractivity contribution in [2.24, 2.45) is 5.92 Å². The first-order chi connectivity index (χ1) is 6.61. The molecular formula is C12H27NO. The summed E-state index contributed by atoms with van der Waals surface area (Å²) in [4.78, 5) is 0. The fraction of sp³-hybridized carbons (Fsp3) is 1.00. The average molecular weight is 201 g/mol. The van der Waals surface area contributed by atoms with Gasteiger partial charge >= 0.3 is 0 Å². The van der Waals surface area contributed by atoms with E-state index in [2.05, 4.69) is 33.0 Å². The average Bonchev–Trinajstić information content (AvgIpc) is 2.14. The van der Waals surface area contributed by atoms with Gasteiger partial charge in [-0.1, -0.05) is 33.6 Å². The Morgan fingerprint density at radius 1 is 1.21 bits per heavy atom. The van der Waals surface area contributed by atoms with Gasteiger partial charge in [-0.15, -0.1) is 0 Å². The Morgan fingerprint density at radius 2 is 1.86 bits per heavy atom. The van der Waals surface area contributed by atoms with Crippen LogP contribution in [0.25, 0.3) is 0 Å². The Labute approximate surface area is 89.4 Å². The molecule has 0 saturated heterocycles. The third-order valence-electron chi connectivity index (χ3n) is 2.64. The van der Waals surface area contributed by atoms with E-state index in [0.29, 0.717) is 18.0 Å². The fourth-order valence-corrected chi connectivity index (χ4v) is 1.57. The van der Waals surface area contributed by atoms with Crippen molar-refractivity contribution in [2.45, 2.75) is 59.0 Å². The first kappa shape index (κ1) is 13.9. The smallest absolute Gasteiger partial charge is 0.0618 e. The van der Waals surface area contributed by atoms with Gasteiger partial charge in [0.1, 0.15) is 0 Å². The van der Waals surface area contributed by atoms with Crippen LogP contribution in [0.3, 0.4) is 0 Å². The van der Waals surface area contributed by atoms with Crippen molar-refractivity contribution in [3.8, 4) is 0 Å². The van der Waals surface area contributed by atoms with Crippen LogP contribution in [0.15, 0.2) is 0 Å². The van der Waals surface area contributed by atoms with Crippen LogP contribution in [-0.4, -0.2) is 25.8 Å². The molecule has 0 rings (SSSR count). The standard InChI is InChI=1S/C12H27NO/c1-6-7-8-11(4)13-12(9-14-5)10(2)3/h10-13H,6-9H2,1-5H3. The number of rotatable bonds is 8. The Morgan fingerprint density at radius 3 is 2.29 bits per heavy atom. The summed E-state index contributed by atoms with van der Waals surface area (Å²) in [6, 6.07) is 1.10. The van der Waals surface area contributed by atoms with E-state index in [1.54, 1.807) is 7.11 Å². The molecule has 0 radical (unpaired) electrons. The Kier molecular flexibility index (Phi) is 8.20. The molecular weight excluding hydrogens is 174 g/mol. The van der Waals surface area contributed by atoms with Crippen LogP contribution in [0, 0.1) is 5.92 Å². The summed E-state index contributed by atoms with van der Waals surface area (Å²) in [5.74, 6) is 0.638. The third kappa shape index (κ3) is 6.39. The highest BCUT2D eigenvalue weighted by Gasteiger charge is 2.14. The molecule has 0 aromatic rings. The Bertz CT molecular complexity index is 125. The lowest BCUT2D eigenvalue weighted by molar-refractivity contribution is 0.140. The molecule has 2 atom stereocenters. The van der Waals surface area contributed by atoms with Crippen LogP contribution >= 0.6 is 0 Å². The van der Waals surface area contributed by atoms with E-state index < -0.39 is 0 Å². The topological polar surface area (TPSA) is 21.3 Å². The molecule has 0 aliphatic heterocycles. The Balaban J connectivity index is 3.77. The molecule has 0 aromatic heterocycles. The van der Waals surface area contributed by atoms with Crippen LogP contribution in [0.5, 0.6) is 0 Å². The third-order valence-corrected chi connectivity index (χ3v) is 2.64. The molecule has 0 bridgehead atoms. The largest absolute Gasteiger partial charge is 0.383 e. The fourth-order valence-electron chi connectivity index (χ4n) is 1.57. The molecule has 0 aromatic carbocycles. The van der Waals surface area contributed by atoms with Crippen LogP contribution < -0.4 is 5.32 Å². The monoisotopic (exact) mass is 201 g/mol. The summed E-state index contributed by atoms with van der Waals surface area (Å²) in [6.45, 7) is 9.79. The van der Waals surface area contributed by atoms with Crippen LogP contribution in [0.4, 0.5) is 0 Å². The zero-order chi connectivity index (χ0) is 11.0. The molecule has 14 heavy (non-hydrogen) atoms. The van der Waals surface area contributed by atoms with Crippen molar-refractivity contribution in [3.05, 3.63) is 0 Å². The predicted molar refractivity (Wildman–Crippen MR) is 62.6 cm³/mol. The summed E-state index contributed by atoms with van der Waals surface area (Å²) in [5.41, 5.74) is 0. The van der Waals surface area contributed by atoms with Gasteiger partial charge in [0, 0.05) is 19.2 Å². The molecule has 0 amide bonds. The molecule has 0 aliphatic carbocycles. The molecule has 1 N–H and O–H groups in total. The summed E-state index contributed by atoms with van der Waals surface area (Å²) in [7, 11) is 1.77. The first-order valence-corrected chi connectivity index (χ1v) is 5.86. The van der Waals surface area contributed by atoms with Crippen molar-refractivity contribution in [1.82, 2.24) is 5.32 Å². The lowest BCUT2D eigenvalue weighted by atomic mass is 10.0. The van der Waals surface area contributed by atoms with E-state index in [4.69, 9.17) is 4.74 Å². The molecule has 0 aliphatic rings. The number of hydrogen-bond acceptors (Lipinski definition) is 2. The van der Waals surface area contributed by atoms with E-state index >= 15 is 0 Å². The SMILES string of the molecule is CCCCC(C)NC(COC)C(C)C. The number of methoxy groups -OCH3 is 1. The zero-order valence-corrected chi connectivity index (χ0v) is 10.5. The van der Waals surface area contributed by atoms with Gasteiger partial charge in [-0.25, -0.2) is 0 Å². The summed E-state index contributed by atoms with van der Waals surface area (Å²) in [5, 5.41) is 3.63. The number of unbranched alkanes of at least 4 members (excludes halogenated alkanes) is 1. The van der Waals surface area contributed by atoms with Crippen LogP contribution in [-0.2, 0) is 4.74 Å². The molecule has 2 nitrogen and oxygen atoms in total. The zero-order valence-electron chi connectivity index (χ0n) is 10.5. The van der Waals surface area contributed by atoms with E-state index in [1.807, 2.05) is 0 Å². The molecule has 86 valence electrons. The number of nitrogens with one attached hydrogen (secondary N) is 1. The van der Waals surface area contributed by atoms with Gasteiger partial charge in [-0.2, -0.15) is 0 Å². The molecule has 2 heteroatoms. The molecule has 0 heterocycles. The minimum absolute atomic E-state index is 0.492. The minimum atomic E-state index is 0.492. The maximum atomic E-state index is 5.21. The van der Waals surface area contributed by atoms with Crippen molar-refractivity contribution in [3.63, 3.8) is 0 Å². The van der Waals surface area contributed by atoms with Gasteiger partial charge in [-0.05, 0) is 19.3 Å². The summed E-state index contributed by atoms with van der Waals surface area (Å²) < 4.78 is 5.21. The van der Waals surface area contributed by atoms with E-state index in [1.165, 1.54) is 19.3 Å². The lowest BCUT2D eigenvalue weighted by Gasteiger charge is -2.25. The van der Waals surface area contributed by atoms with Crippen molar-refractivity contribution in [2.75, 3.05) is 13.7 Å². The predicted octanol–water partition coefficient (Wildman–Crippen LogP) is 2.83. The molecule has 2 unspecified atom stereocenters. The highest BCUT2D eigenvalue weighted by Crippen LogP contribution is 2.06. The number of ether oxygens (including phenoxy) is 1. The summed E-state index contributed by atoms with van der Waals surface area (Å²) >= 11 is 0. The van der Waals surface area contributed by atoms with Gasteiger partial charge in [0.05, 0.1) is 6.61 Å². The molecule has 0 spiro atoms. The van der Waals surface area contributed by atoms with Crippen molar-refractivity contribution >= 4 is 0 Å². The van der Waals surface area contributed by atoms with Crippen molar-refractivity contribution in [1.29, 1.82) is 0 Å². The van der Waals surface area contributed by atoms with Gasteiger partial charge in [0.25, 0.3) is 0 Å². The highest BCUT2D eigenvalue weighted by atomic mass is 16.5. The number of hydrogen-bond donors (Lipinski definition) is 1. The molecule has 0 fully saturated rings.